The third-order valence-electron chi connectivity index (χ3n) is 3.03. The van der Waals surface area contributed by atoms with Gasteiger partial charge < -0.3 is 9.84 Å². The summed E-state index contributed by atoms with van der Waals surface area (Å²) in [7, 11) is 1.48. The molecule has 20 heavy (non-hydrogen) atoms. The summed E-state index contributed by atoms with van der Waals surface area (Å²) in [5.74, 6) is -0.894. The van der Waals surface area contributed by atoms with E-state index in [9.17, 15) is 13.9 Å². The van der Waals surface area contributed by atoms with Gasteiger partial charge in [-0.05, 0) is 34.1 Å². The van der Waals surface area contributed by atoms with Gasteiger partial charge in [-0.25, -0.2) is 8.78 Å². The molecule has 5 heteroatoms. The van der Waals surface area contributed by atoms with E-state index in [0.29, 0.717) is 11.3 Å². The third-order valence-corrected chi connectivity index (χ3v) is 3.65. The maximum atomic E-state index is 13.9. The molecular weight excluding hydrogens is 330 g/mol. The Morgan fingerprint density at radius 2 is 1.90 bits per heavy atom. The Bertz CT molecular complexity index is 617. The summed E-state index contributed by atoms with van der Waals surface area (Å²) in [6, 6.07) is 9.30. The smallest absolute Gasteiger partial charge is 0.143 e. The number of rotatable bonds is 4. The zero-order valence-corrected chi connectivity index (χ0v) is 12.3. The van der Waals surface area contributed by atoms with Crippen LogP contribution >= 0.6 is 15.9 Å². The fourth-order valence-corrected chi connectivity index (χ4v) is 2.37. The number of benzene rings is 2. The molecule has 0 amide bonds. The molecule has 0 aliphatic heterocycles. The highest BCUT2D eigenvalue weighted by Gasteiger charge is 2.19. The summed E-state index contributed by atoms with van der Waals surface area (Å²) in [4.78, 5) is 0. The van der Waals surface area contributed by atoms with Gasteiger partial charge in [-0.2, -0.15) is 0 Å². The highest BCUT2D eigenvalue weighted by Crippen LogP contribution is 2.30. The lowest BCUT2D eigenvalue weighted by molar-refractivity contribution is 0.171. The van der Waals surface area contributed by atoms with E-state index in [0.717, 1.165) is 6.07 Å². The second-order valence-electron chi connectivity index (χ2n) is 4.28. The van der Waals surface area contributed by atoms with Gasteiger partial charge in [-0.3, -0.25) is 0 Å². The Morgan fingerprint density at radius 3 is 2.60 bits per heavy atom. The molecule has 0 saturated carbocycles. The van der Waals surface area contributed by atoms with Crippen LogP contribution in [0.2, 0.25) is 0 Å². The van der Waals surface area contributed by atoms with E-state index < -0.39 is 17.7 Å². The SMILES string of the molecule is COc1ccccc1C(O)Cc1c(F)ccc(Br)c1F. The molecule has 0 radical (unpaired) electrons. The number of aliphatic hydroxyl groups is 1. The molecule has 2 aromatic carbocycles. The van der Waals surface area contributed by atoms with Crippen LogP contribution in [0.1, 0.15) is 17.2 Å². The largest absolute Gasteiger partial charge is 0.496 e. The van der Waals surface area contributed by atoms with E-state index in [1.54, 1.807) is 24.3 Å². The van der Waals surface area contributed by atoms with Crippen molar-refractivity contribution >= 4 is 15.9 Å². The van der Waals surface area contributed by atoms with Gasteiger partial charge in [0.2, 0.25) is 0 Å². The Balaban J connectivity index is 2.33. The topological polar surface area (TPSA) is 29.5 Å². The van der Waals surface area contributed by atoms with Crippen LogP contribution in [0.5, 0.6) is 5.75 Å². The quantitative estimate of drug-likeness (QED) is 0.850. The van der Waals surface area contributed by atoms with Crippen molar-refractivity contribution in [1.82, 2.24) is 0 Å². The molecule has 0 saturated heterocycles. The van der Waals surface area contributed by atoms with E-state index in [4.69, 9.17) is 4.74 Å². The lowest BCUT2D eigenvalue weighted by Crippen LogP contribution is -2.07. The maximum Gasteiger partial charge on any atom is 0.143 e. The first kappa shape index (κ1) is 14.9. The van der Waals surface area contributed by atoms with Crippen molar-refractivity contribution in [1.29, 1.82) is 0 Å². The van der Waals surface area contributed by atoms with Crippen molar-refractivity contribution < 1.29 is 18.6 Å². The normalized spacial score (nSPS) is 12.2. The molecule has 0 fully saturated rings. The van der Waals surface area contributed by atoms with Crippen molar-refractivity contribution in [2.45, 2.75) is 12.5 Å². The third kappa shape index (κ3) is 2.99. The van der Waals surface area contributed by atoms with E-state index in [-0.39, 0.29) is 16.5 Å². The predicted octanol–water partition coefficient (Wildman–Crippen LogP) is 4.01. The predicted molar refractivity (Wildman–Crippen MR) is 75.7 cm³/mol. The summed E-state index contributed by atoms with van der Waals surface area (Å²) in [5.41, 5.74) is 0.339. The molecule has 0 heterocycles. The molecule has 1 unspecified atom stereocenters. The van der Waals surface area contributed by atoms with E-state index in [1.165, 1.54) is 13.2 Å². The number of hydrogen-bond acceptors (Lipinski definition) is 2. The number of aliphatic hydroxyl groups excluding tert-OH is 1. The lowest BCUT2D eigenvalue weighted by atomic mass is 10.00. The van der Waals surface area contributed by atoms with Gasteiger partial charge in [-0.15, -0.1) is 0 Å². The van der Waals surface area contributed by atoms with Crippen LogP contribution in [0.15, 0.2) is 40.9 Å². The highest BCUT2D eigenvalue weighted by atomic mass is 79.9. The zero-order valence-electron chi connectivity index (χ0n) is 10.7. The monoisotopic (exact) mass is 342 g/mol. The maximum absolute atomic E-state index is 13.9. The summed E-state index contributed by atoms with van der Waals surface area (Å²) in [6.07, 6.45) is -1.22. The minimum atomic E-state index is -1.05. The molecule has 0 bridgehead atoms. The molecule has 0 spiro atoms. The first-order chi connectivity index (χ1) is 9.54. The van der Waals surface area contributed by atoms with Crippen molar-refractivity contribution in [3.8, 4) is 5.75 Å². The van der Waals surface area contributed by atoms with E-state index >= 15 is 0 Å². The first-order valence-electron chi connectivity index (χ1n) is 5.98. The first-order valence-corrected chi connectivity index (χ1v) is 6.77. The summed E-state index contributed by atoms with van der Waals surface area (Å²) in [5, 5.41) is 10.2. The van der Waals surface area contributed by atoms with Gasteiger partial charge in [0.15, 0.2) is 0 Å². The molecule has 2 nitrogen and oxygen atoms in total. The Morgan fingerprint density at radius 1 is 1.20 bits per heavy atom. The van der Waals surface area contributed by atoms with Crippen LogP contribution in [0, 0.1) is 11.6 Å². The second kappa shape index (κ2) is 6.33. The average molecular weight is 343 g/mol. The van der Waals surface area contributed by atoms with E-state index in [1.807, 2.05) is 0 Å². The van der Waals surface area contributed by atoms with Crippen molar-refractivity contribution in [3.63, 3.8) is 0 Å². The Kier molecular flexibility index (Phi) is 4.73. The van der Waals surface area contributed by atoms with Gasteiger partial charge in [0.25, 0.3) is 0 Å². The molecule has 1 atom stereocenters. The van der Waals surface area contributed by atoms with Crippen LogP contribution in [-0.4, -0.2) is 12.2 Å². The Hall–Kier alpha value is -1.46. The lowest BCUT2D eigenvalue weighted by Gasteiger charge is -2.15. The molecular formula is C15H13BrF2O2. The van der Waals surface area contributed by atoms with Gasteiger partial charge in [0.05, 0.1) is 17.7 Å². The number of hydrogen-bond donors (Lipinski definition) is 1. The zero-order chi connectivity index (χ0) is 14.7. The van der Waals surface area contributed by atoms with Crippen LogP contribution in [0.3, 0.4) is 0 Å². The molecule has 0 aliphatic rings. The second-order valence-corrected chi connectivity index (χ2v) is 5.14. The fraction of sp³-hybridized carbons (Fsp3) is 0.200. The summed E-state index contributed by atoms with van der Waals surface area (Å²) >= 11 is 3.01. The number of methoxy groups -OCH3 is 1. The summed E-state index contributed by atoms with van der Waals surface area (Å²) in [6.45, 7) is 0. The van der Waals surface area contributed by atoms with Crippen molar-refractivity contribution in [2.75, 3.05) is 7.11 Å². The van der Waals surface area contributed by atoms with Crippen LogP contribution in [0.4, 0.5) is 8.78 Å². The van der Waals surface area contributed by atoms with Crippen LogP contribution in [0.25, 0.3) is 0 Å². The van der Waals surface area contributed by atoms with Crippen LogP contribution < -0.4 is 4.74 Å². The standard InChI is InChI=1S/C15H13BrF2O2/c1-20-14-5-3-2-4-9(14)13(19)8-10-12(17)7-6-11(16)15(10)18/h2-7,13,19H,8H2,1H3. The fourth-order valence-electron chi connectivity index (χ4n) is 2.00. The molecule has 106 valence electrons. The van der Waals surface area contributed by atoms with Gasteiger partial charge in [-0.1, -0.05) is 18.2 Å². The molecule has 2 rings (SSSR count). The molecule has 1 N–H and O–H groups in total. The van der Waals surface area contributed by atoms with Crippen molar-refractivity contribution in [3.05, 3.63) is 63.6 Å². The van der Waals surface area contributed by atoms with Gasteiger partial charge in [0.1, 0.15) is 17.4 Å². The minimum absolute atomic E-state index is 0.155. The van der Waals surface area contributed by atoms with Crippen LogP contribution in [-0.2, 0) is 6.42 Å². The van der Waals surface area contributed by atoms with Gasteiger partial charge >= 0.3 is 0 Å². The highest BCUT2D eigenvalue weighted by molar-refractivity contribution is 9.10. The Labute approximate surface area is 124 Å². The summed E-state index contributed by atoms with van der Waals surface area (Å²) < 4.78 is 32.9. The average Bonchev–Trinajstić information content (AvgIpc) is 2.47. The van der Waals surface area contributed by atoms with Crippen molar-refractivity contribution in [2.24, 2.45) is 0 Å². The number of halogens is 3. The number of ether oxygens (including phenoxy) is 1. The molecule has 0 aliphatic carbocycles. The van der Waals surface area contributed by atoms with Gasteiger partial charge in [0, 0.05) is 17.5 Å². The van der Waals surface area contributed by atoms with E-state index in [2.05, 4.69) is 15.9 Å². The number of para-hydroxylation sites is 1. The minimum Gasteiger partial charge on any atom is -0.496 e. The molecule has 2 aromatic rings. The molecule has 0 aromatic heterocycles.